The zero-order chi connectivity index (χ0) is 13.5. The van der Waals surface area contributed by atoms with Gasteiger partial charge >= 0.3 is 5.97 Å². The number of hydrogen-bond donors (Lipinski definition) is 3. The monoisotopic (exact) mass is 266 g/mol. The van der Waals surface area contributed by atoms with E-state index in [1.165, 1.54) is 12.8 Å². The van der Waals surface area contributed by atoms with Crippen molar-refractivity contribution in [1.82, 2.24) is 10.6 Å². The molecule has 1 aliphatic heterocycles. The molecule has 1 heterocycles. The fraction of sp³-hybridized carbons (Fsp3) is 0.857. The van der Waals surface area contributed by atoms with Crippen LogP contribution in [0.2, 0.25) is 0 Å². The van der Waals surface area contributed by atoms with Crippen molar-refractivity contribution in [2.45, 2.75) is 44.6 Å². The molecular weight excluding hydrogens is 244 g/mol. The summed E-state index contributed by atoms with van der Waals surface area (Å²) in [6, 6.07) is -0.0987. The summed E-state index contributed by atoms with van der Waals surface area (Å²) in [5.41, 5.74) is -0.691. The summed E-state index contributed by atoms with van der Waals surface area (Å²) >= 11 is 0. The van der Waals surface area contributed by atoms with E-state index in [4.69, 9.17) is 0 Å². The fourth-order valence-electron chi connectivity index (χ4n) is 3.91. The Morgan fingerprint density at radius 2 is 2.05 bits per heavy atom. The molecule has 2 aliphatic carbocycles. The van der Waals surface area contributed by atoms with E-state index in [9.17, 15) is 14.7 Å². The average Bonchev–Trinajstić information content (AvgIpc) is 2.87. The summed E-state index contributed by atoms with van der Waals surface area (Å²) in [6.45, 7) is 1.23. The second kappa shape index (κ2) is 4.78. The Kier molecular flexibility index (Phi) is 3.25. The molecule has 1 saturated heterocycles. The molecule has 2 saturated carbocycles. The van der Waals surface area contributed by atoms with Gasteiger partial charge < -0.3 is 15.7 Å². The van der Waals surface area contributed by atoms with Crippen LogP contribution in [0.25, 0.3) is 0 Å². The van der Waals surface area contributed by atoms with E-state index in [0.29, 0.717) is 24.7 Å². The number of aliphatic carboxylic acids is 1. The van der Waals surface area contributed by atoms with E-state index in [1.807, 2.05) is 0 Å². The Hall–Kier alpha value is -1.10. The molecule has 3 N–H and O–H groups in total. The van der Waals surface area contributed by atoms with Gasteiger partial charge in [-0.15, -0.1) is 0 Å². The van der Waals surface area contributed by atoms with Crippen LogP contribution in [0, 0.1) is 17.3 Å². The van der Waals surface area contributed by atoms with E-state index in [-0.39, 0.29) is 18.5 Å². The summed E-state index contributed by atoms with van der Waals surface area (Å²) in [5.74, 6) is 0.342. The summed E-state index contributed by atoms with van der Waals surface area (Å²) in [7, 11) is 0. The highest BCUT2D eigenvalue weighted by Gasteiger charge is 2.46. The third-order valence-electron chi connectivity index (χ3n) is 5.39. The largest absolute Gasteiger partial charge is 0.481 e. The van der Waals surface area contributed by atoms with Gasteiger partial charge in [-0.25, -0.2) is 0 Å². The third kappa shape index (κ3) is 2.14. The van der Waals surface area contributed by atoms with E-state index in [0.717, 1.165) is 19.4 Å². The lowest BCUT2D eigenvalue weighted by atomic mass is 9.68. The van der Waals surface area contributed by atoms with Gasteiger partial charge in [0.2, 0.25) is 5.91 Å². The molecule has 106 valence electrons. The highest BCUT2D eigenvalue weighted by Crippen LogP contribution is 2.41. The second-order valence-corrected chi connectivity index (χ2v) is 6.40. The second-order valence-electron chi connectivity index (χ2n) is 6.40. The van der Waals surface area contributed by atoms with Crippen molar-refractivity contribution in [3.8, 4) is 0 Å². The van der Waals surface area contributed by atoms with Crippen LogP contribution in [0.5, 0.6) is 0 Å². The van der Waals surface area contributed by atoms with E-state index >= 15 is 0 Å². The zero-order valence-corrected chi connectivity index (χ0v) is 11.2. The van der Waals surface area contributed by atoms with Gasteiger partial charge in [-0.2, -0.15) is 0 Å². The molecule has 5 heteroatoms. The molecule has 0 aromatic rings. The molecule has 0 bridgehead atoms. The molecule has 3 unspecified atom stereocenters. The first-order valence-electron chi connectivity index (χ1n) is 7.37. The van der Waals surface area contributed by atoms with Crippen molar-refractivity contribution in [2.75, 3.05) is 13.1 Å². The third-order valence-corrected chi connectivity index (χ3v) is 5.39. The van der Waals surface area contributed by atoms with Crippen LogP contribution in [-0.2, 0) is 9.59 Å². The molecule has 0 spiro atoms. The first-order valence-corrected chi connectivity index (χ1v) is 7.37. The molecule has 5 nitrogen and oxygen atoms in total. The maximum atomic E-state index is 12.2. The summed E-state index contributed by atoms with van der Waals surface area (Å²) < 4.78 is 0. The van der Waals surface area contributed by atoms with Crippen LogP contribution in [0.4, 0.5) is 0 Å². The van der Waals surface area contributed by atoms with Crippen LogP contribution in [0.1, 0.15) is 38.5 Å². The average molecular weight is 266 g/mol. The van der Waals surface area contributed by atoms with Gasteiger partial charge in [-0.05, 0) is 44.1 Å². The van der Waals surface area contributed by atoms with Crippen molar-refractivity contribution in [3.63, 3.8) is 0 Å². The van der Waals surface area contributed by atoms with Gasteiger partial charge in [0, 0.05) is 6.54 Å². The van der Waals surface area contributed by atoms with Gasteiger partial charge in [-0.1, -0.05) is 12.8 Å². The quantitative estimate of drug-likeness (QED) is 0.701. The lowest BCUT2D eigenvalue weighted by Crippen LogP contribution is -2.51. The predicted molar refractivity (Wildman–Crippen MR) is 69.6 cm³/mol. The summed E-state index contributed by atoms with van der Waals surface area (Å²) in [6.07, 6.45) is 5.90. The lowest BCUT2D eigenvalue weighted by Gasteiger charge is -2.38. The SMILES string of the molecule is O=C(NCC1(C(=O)O)CCC1)C1NCC2CCCC21. The van der Waals surface area contributed by atoms with Crippen LogP contribution in [-0.4, -0.2) is 36.1 Å². The zero-order valence-electron chi connectivity index (χ0n) is 11.2. The first-order chi connectivity index (χ1) is 9.12. The minimum absolute atomic E-state index is 0.00178. The number of carboxylic acids is 1. The molecule has 19 heavy (non-hydrogen) atoms. The lowest BCUT2D eigenvalue weighted by molar-refractivity contribution is -0.154. The number of carbonyl (C=O) groups excluding carboxylic acids is 1. The number of carboxylic acid groups (broad SMARTS) is 1. The number of nitrogens with one attached hydrogen (secondary N) is 2. The molecule has 1 amide bonds. The Morgan fingerprint density at radius 1 is 1.26 bits per heavy atom. The molecule has 0 aromatic heterocycles. The minimum Gasteiger partial charge on any atom is -0.481 e. The van der Waals surface area contributed by atoms with Gasteiger partial charge in [0.1, 0.15) is 0 Å². The van der Waals surface area contributed by atoms with Gasteiger partial charge in [0.05, 0.1) is 11.5 Å². The molecule has 3 fully saturated rings. The Labute approximate surface area is 113 Å². The number of carbonyl (C=O) groups is 2. The number of fused-ring (bicyclic) bond motifs is 1. The van der Waals surface area contributed by atoms with Crippen molar-refractivity contribution in [2.24, 2.45) is 17.3 Å². The number of amides is 1. The van der Waals surface area contributed by atoms with Crippen molar-refractivity contribution in [1.29, 1.82) is 0 Å². The highest BCUT2D eigenvalue weighted by atomic mass is 16.4. The number of hydrogen-bond acceptors (Lipinski definition) is 3. The number of rotatable bonds is 4. The summed E-state index contributed by atoms with van der Waals surface area (Å²) in [5, 5.41) is 15.4. The van der Waals surface area contributed by atoms with E-state index in [2.05, 4.69) is 10.6 Å². The fourth-order valence-corrected chi connectivity index (χ4v) is 3.91. The standard InChI is InChI=1S/C14H22N2O3/c17-12(11-10-4-1-3-9(10)7-15-11)16-8-14(13(18)19)5-2-6-14/h9-11,15H,1-8H2,(H,16,17)(H,18,19). The van der Waals surface area contributed by atoms with Gasteiger partial charge in [0.25, 0.3) is 0 Å². The van der Waals surface area contributed by atoms with Crippen LogP contribution >= 0.6 is 0 Å². The Morgan fingerprint density at radius 3 is 2.68 bits per heavy atom. The topological polar surface area (TPSA) is 78.4 Å². The smallest absolute Gasteiger partial charge is 0.311 e. The Balaban J connectivity index is 1.55. The first kappa shape index (κ1) is 12.9. The van der Waals surface area contributed by atoms with Crippen molar-refractivity contribution >= 4 is 11.9 Å². The molecule has 0 radical (unpaired) electrons. The van der Waals surface area contributed by atoms with Crippen LogP contribution in [0.3, 0.4) is 0 Å². The van der Waals surface area contributed by atoms with Crippen LogP contribution < -0.4 is 10.6 Å². The maximum Gasteiger partial charge on any atom is 0.311 e. The maximum absolute atomic E-state index is 12.2. The van der Waals surface area contributed by atoms with Gasteiger partial charge in [0.15, 0.2) is 0 Å². The summed E-state index contributed by atoms with van der Waals surface area (Å²) in [4.78, 5) is 23.5. The van der Waals surface area contributed by atoms with Crippen molar-refractivity contribution in [3.05, 3.63) is 0 Å². The van der Waals surface area contributed by atoms with Gasteiger partial charge in [-0.3, -0.25) is 9.59 Å². The van der Waals surface area contributed by atoms with E-state index < -0.39 is 11.4 Å². The molecule has 3 atom stereocenters. The molecule has 3 rings (SSSR count). The normalized spacial score (nSPS) is 35.5. The molecule has 0 aromatic carbocycles. The predicted octanol–water partition coefficient (Wildman–Crippen LogP) is 0.746. The molecular formula is C14H22N2O3. The molecule has 3 aliphatic rings. The minimum atomic E-state index is -0.767. The van der Waals surface area contributed by atoms with Crippen LogP contribution in [0.15, 0.2) is 0 Å². The highest BCUT2D eigenvalue weighted by molar-refractivity contribution is 5.84. The van der Waals surface area contributed by atoms with Crippen molar-refractivity contribution < 1.29 is 14.7 Å². The van der Waals surface area contributed by atoms with E-state index in [1.54, 1.807) is 0 Å². The Bertz CT molecular complexity index is 392.